The second-order valence-corrected chi connectivity index (χ2v) is 1.77. The van der Waals surface area contributed by atoms with Crippen molar-refractivity contribution in [2.75, 3.05) is 14.2 Å². The maximum Gasteiger partial charge on any atom is 0.320 e. The molecule has 0 bridgehead atoms. The number of likely N-dealkylation sites (N-methyl/N-ethyl adjacent to an activating group) is 1. The topological polar surface area (TPSA) is 59.0 Å². The maximum atomic E-state index is 10.7. The minimum Gasteiger partial charge on any atom is -0.477 e. The van der Waals surface area contributed by atoms with Gasteiger partial charge in [0.1, 0.15) is 0 Å². The van der Waals surface area contributed by atoms with E-state index in [9.17, 15) is 9.59 Å². The van der Waals surface area contributed by atoms with Crippen molar-refractivity contribution < 1.29 is 14.3 Å². The van der Waals surface area contributed by atoms with Crippen LogP contribution in [-0.2, 0) is 14.3 Å². The summed E-state index contributed by atoms with van der Waals surface area (Å²) in [6, 6.07) is 0. The van der Waals surface area contributed by atoms with Crippen LogP contribution in [0.25, 0.3) is 0 Å². The van der Waals surface area contributed by atoms with Gasteiger partial charge in [0.2, 0.25) is 0 Å². The van der Waals surface area contributed by atoms with E-state index in [2.05, 4.69) is 9.84 Å². The second kappa shape index (κ2) is 2.09. The molecule has 1 amide bonds. The fourth-order valence-electron chi connectivity index (χ4n) is 0.599. The van der Waals surface area contributed by atoms with Gasteiger partial charge < -0.3 is 4.74 Å². The van der Waals surface area contributed by atoms with Crippen molar-refractivity contribution in [1.82, 2.24) is 5.01 Å². The first-order valence-electron chi connectivity index (χ1n) is 2.62. The van der Waals surface area contributed by atoms with Crippen molar-refractivity contribution in [3.05, 3.63) is 0 Å². The Morgan fingerprint density at radius 3 is 2.30 bits per heavy atom. The Kier molecular flexibility index (Phi) is 1.41. The number of carbonyl (C=O) groups is 2. The summed E-state index contributed by atoms with van der Waals surface area (Å²) in [5.41, 5.74) is 0. The SMILES string of the molecule is COC1=NN(C)C(=O)C1=O. The Morgan fingerprint density at radius 2 is 2.10 bits per heavy atom. The van der Waals surface area contributed by atoms with Crippen LogP contribution in [0.2, 0.25) is 0 Å². The molecule has 0 saturated heterocycles. The van der Waals surface area contributed by atoms with E-state index in [1.807, 2.05) is 0 Å². The molecule has 1 aliphatic heterocycles. The molecule has 0 N–H and O–H groups in total. The van der Waals surface area contributed by atoms with Gasteiger partial charge in [-0.2, -0.15) is 0 Å². The fourth-order valence-corrected chi connectivity index (χ4v) is 0.599. The Bertz CT molecular complexity index is 221. The van der Waals surface area contributed by atoms with Crippen molar-refractivity contribution in [2.45, 2.75) is 0 Å². The molecule has 0 atom stereocenters. The number of hydrogen-bond acceptors (Lipinski definition) is 4. The van der Waals surface area contributed by atoms with Crippen molar-refractivity contribution in [3.8, 4) is 0 Å². The largest absolute Gasteiger partial charge is 0.477 e. The lowest BCUT2D eigenvalue weighted by Crippen LogP contribution is -2.24. The van der Waals surface area contributed by atoms with Gasteiger partial charge in [0.15, 0.2) is 0 Å². The van der Waals surface area contributed by atoms with E-state index in [0.717, 1.165) is 5.01 Å². The minimum absolute atomic E-state index is 0.146. The van der Waals surface area contributed by atoms with E-state index in [4.69, 9.17) is 0 Å². The van der Waals surface area contributed by atoms with Gasteiger partial charge in [-0.1, -0.05) is 0 Å². The van der Waals surface area contributed by atoms with Crippen molar-refractivity contribution in [2.24, 2.45) is 5.10 Å². The van der Waals surface area contributed by atoms with Crippen molar-refractivity contribution in [3.63, 3.8) is 0 Å². The van der Waals surface area contributed by atoms with Crippen LogP contribution < -0.4 is 0 Å². The third kappa shape index (κ3) is 0.754. The van der Waals surface area contributed by atoms with Gasteiger partial charge in [-0.15, -0.1) is 5.10 Å². The predicted molar refractivity (Wildman–Crippen MR) is 32.2 cm³/mol. The average molecular weight is 142 g/mol. The molecule has 54 valence electrons. The smallest absolute Gasteiger partial charge is 0.320 e. The van der Waals surface area contributed by atoms with Crippen LogP contribution in [0.1, 0.15) is 0 Å². The third-order valence-corrected chi connectivity index (χ3v) is 1.12. The molecular formula is C5H6N2O3. The number of carbonyl (C=O) groups excluding carboxylic acids is 2. The lowest BCUT2D eigenvalue weighted by Gasteiger charge is -1.96. The molecule has 5 heteroatoms. The van der Waals surface area contributed by atoms with E-state index in [-0.39, 0.29) is 5.90 Å². The Morgan fingerprint density at radius 1 is 1.50 bits per heavy atom. The predicted octanol–water partition coefficient (Wildman–Crippen LogP) is -1.01. The molecule has 0 aromatic rings. The van der Waals surface area contributed by atoms with Crippen molar-refractivity contribution >= 4 is 17.6 Å². The van der Waals surface area contributed by atoms with E-state index in [1.54, 1.807) is 0 Å². The highest BCUT2D eigenvalue weighted by Crippen LogP contribution is 2.00. The van der Waals surface area contributed by atoms with E-state index in [0.29, 0.717) is 0 Å². The molecule has 0 radical (unpaired) electrons. The lowest BCUT2D eigenvalue weighted by molar-refractivity contribution is -0.139. The normalized spacial score (nSPS) is 17.8. The number of hydrogen-bond donors (Lipinski definition) is 0. The van der Waals surface area contributed by atoms with Crippen molar-refractivity contribution in [1.29, 1.82) is 0 Å². The molecule has 1 rings (SSSR count). The molecular weight excluding hydrogens is 136 g/mol. The summed E-state index contributed by atoms with van der Waals surface area (Å²) in [6.07, 6.45) is 0. The highest BCUT2D eigenvalue weighted by Gasteiger charge is 2.32. The number of methoxy groups -OCH3 is 1. The van der Waals surface area contributed by atoms with Gasteiger partial charge in [0.05, 0.1) is 7.11 Å². The van der Waals surface area contributed by atoms with Gasteiger partial charge >= 0.3 is 11.7 Å². The first-order valence-corrected chi connectivity index (χ1v) is 2.62. The van der Waals surface area contributed by atoms with Gasteiger partial charge in [0.25, 0.3) is 5.90 Å². The first-order chi connectivity index (χ1) is 4.66. The highest BCUT2D eigenvalue weighted by atomic mass is 16.5. The monoisotopic (exact) mass is 142 g/mol. The van der Waals surface area contributed by atoms with Gasteiger partial charge in [-0.05, 0) is 0 Å². The molecule has 10 heavy (non-hydrogen) atoms. The second-order valence-electron chi connectivity index (χ2n) is 1.77. The molecule has 1 aliphatic rings. The highest BCUT2D eigenvalue weighted by molar-refractivity contribution is 6.64. The maximum absolute atomic E-state index is 10.7. The van der Waals surface area contributed by atoms with Gasteiger partial charge in [0, 0.05) is 7.05 Å². The van der Waals surface area contributed by atoms with E-state index in [1.165, 1.54) is 14.2 Å². The number of ketones is 1. The van der Waals surface area contributed by atoms with Crippen LogP contribution in [0.5, 0.6) is 0 Å². The quantitative estimate of drug-likeness (QED) is 0.407. The third-order valence-electron chi connectivity index (χ3n) is 1.12. The zero-order chi connectivity index (χ0) is 7.72. The summed E-state index contributed by atoms with van der Waals surface area (Å²) < 4.78 is 4.50. The standard InChI is InChI=1S/C5H6N2O3/c1-7-5(9)3(8)4(6-7)10-2/h1-2H3. The average Bonchev–Trinajstić information content (AvgIpc) is 2.17. The number of ether oxygens (including phenoxy) is 1. The number of amides is 1. The summed E-state index contributed by atoms with van der Waals surface area (Å²) in [6.45, 7) is 0. The summed E-state index contributed by atoms with van der Waals surface area (Å²) in [7, 11) is 2.69. The van der Waals surface area contributed by atoms with E-state index >= 15 is 0 Å². The molecule has 0 unspecified atom stereocenters. The molecule has 0 spiro atoms. The van der Waals surface area contributed by atoms with Gasteiger partial charge in [-0.3, -0.25) is 9.59 Å². The summed E-state index contributed by atoms with van der Waals surface area (Å²) in [5.74, 6) is -1.49. The Labute approximate surface area is 57.3 Å². The zero-order valence-corrected chi connectivity index (χ0v) is 5.62. The number of nitrogens with zero attached hydrogens (tertiary/aromatic N) is 2. The lowest BCUT2D eigenvalue weighted by atomic mass is 10.4. The summed E-state index contributed by atoms with van der Waals surface area (Å²) >= 11 is 0. The van der Waals surface area contributed by atoms with Crippen LogP contribution in [0.3, 0.4) is 0 Å². The minimum atomic E-state index is -0.690. The molecule has 5 nitrogen and oxygen atoms in total. The van der Waals surface area contributed by atoms with Crippen LogP contribution in [0.4, 0.5) is 0 Å². The number of Topliss-reactive ketones (excluding diaryl/α,β-unsaturated/α-hetero) is 1. The number of hydrazone groups is 1. The van der Waals surface area contributed by atoms with Gasteiger partial charge in [-0.25, -0.2) is 5.01 Å². The summed E-state index contributed by atoms with van der Waals surface area (Å²) in [5, 5.41) is 4.44. The van der Waals surface area contributed by atoms with Crippen LogP contribution in [0, 0.1) is 0 Å². The van der Waals surface area contributed by atoms with Crippen LogP contribution in [-0.4, -0.2) is 36.8 Å². The first kappa shape index (κ1) is 6.73. The molecule has 0 aromatic carbocycles. The fraction of sp³-hybridized carbons (Fsp3) is 0.400. The number of rotatable bonds is 0. The Hall–Kier alpha value is -1.39. The molecule has 0 saturated carbocycles. The zero-order valence-electron chi connectivity index (χ0n) is 5.62. The van der Waals surface area contributed by atoms with E-state index < -0.39 is 11.7 Å². The molecule has 1 heterocycles. The van der Waals surface area contributed by atoms with Crippen LogP contribution in [0.15, 0.2) is 5.10 Å². The summed E-state index contributed by atoms with van der Waals surface area (Å²) in [4.78, 5) is 21.4. The molecule has 0 fully saturated rings. The Balaban J connectivity index is 2.88. The molecule has 0 aromatic heterocycles. The molecule has 0 aliphatic carbocycles. The van der Waals surface area contributed by atoms with Crippen LogP contribution >= 0.6 is 0 Å².